The van der Waals surface area contributed by atoms with Gasteiger partial charge in [-0.05, 0) is 36.3 Å². The molecule has 126 valence electrons. The summed E-state index contributed by atoms with van der Waals surface area (Å²) >= 11 is 10.9. The van der Waals surface area contributed by atoms with Crippen LogP contribution in [0.15, 0.2) is 24.3 Å². The second-order valence-corrected chi connectivity index (χ2v) is 5.80. The molecule has 0 saturated heterocycles. The zero-order valence-corrected chi connectivity index (χ0v) is 14.4. The second kappa shape index (κ2) is 9.16. The lowest BCUT2D eigenvalue weighted by atomic mass is 9.99. The van der Waals surface area contributed by atoms with Crippen LogP contribution in [-0.4, -0.2) is 23.1 Å². The van der Waals surface area contributed by atoms with Gasteiger partial charge in [-0.1, -0.05) is 37.9 Å². The van der Waals surface area contributed by atoms with Gasteiger partial charge in [0.15, 0.2) is 5.11 Å². The number of hydrazine groups is 1. The van der Waals surface area contributed by atoms with Crippen LogP contribution in [0.2, 0.25) is 5.02 Å². The third-order valence-electron chi connectivity index (χ3n) is 3.17. The molecule has 3 amide bonds. The van der Waals surface area contributed by atoms with Gasteiger partial charge in [0.05, 0.1) is 0 Å². The van der Waals surface area contributed by atoms with Crippen molar-refractivity contribution in [3.05, 3.63) is 29.3 Å². The lowest BCUT2D eigenvalue weighted by molar-refractivity contribution is -0.124. The molecular formula is C14H20ClN5O2S. The first kappa shape index (κ1) is 19.0. The fourth-order valence-corrected chi connectivity index (χ4v) is 2.14. The minimum absolute atomic E-state index is 0.0845. The molecule has 1 rings (SSSR count). The van der Waals surface area contributed by atoms with E-state index in [1.165, 1.54) is 0 Å². The van der Waals surface area contributed by atoms with Crippen LogP contribution in [0.3, 0.4) is 0 Å². The van der Waals surface area contributed by atoms with E-state index in [2.05, 4.69) is 21.5 Å². The van der Waals surface area contributed by atoms with Crippen molar-refractivity contribution in [2.24, 2.45) is 11.7 Å². The Balaban J connectivity index is 2.55. The summed E-state index contributed by atoms with van der Waals surface area (Å²) in [4.78, 5) is 23.1. The average Bonchev–Trinajstić information content (AvgIpc) is 2.49. The van der Waals surface area contributed by atoms with Crippen LogP contribution in [-0.2, 0) is 4.79 Å². The normalized spacial score (nSPS) is 12.7. The van der Waals surface area contributed by atoms with Gasteiger partial charge in [0.2, 0.25) is 0 Å². The smallest absolute Gasteiger partial charge is 0.312 e. The topological polar surface area (TPSA) is 108 Å². The number of carbonyl (C=O) groups excluding carboxylic acids is 2. The highest BCUT2D eigenvalue weighted by Crippen LogP contribution is 2.14. The maximum atomic E-state index is 12.1. The highest BCUT2D eigenvalue weighted by Gasteiger charge is 2.25. The number of carbonyl (C=O) groups is 2. The summed E-state index contributed by atoms with van der Waals surface area (Å²) in [6.45, 7) is 3.75. The number of anilines is 1. The van der Waals surface area contributed by atoms with Crippen molar-refractivity contribution in [3.63, 3.8) is 0 Å². The number of hydrogen-bond acceptors (Lipinski definition) is 3. The minimum Gasteiger partial charge on any atom is -0.352 e. The number of thiocarbonyl (C=S) groups is 1. The van der Waals surface area contributed by atoms with Gasteiger partial charge in [0.1, 0.15) is 6.04 Å². The number of amides is 3. The molecular weight excluding hydrogens is 338 g/mol. The summed E-state index contributed by atoms with van der Waals surface area (Å²) in [7, 11) is 0. The Bertz CT molecular complexity index is 584. The summed E-state index contributed by atoms with van der Waals surface area (Å²) in [6, 6.07) is 5.45. The molecule has 0 bridgehead atoms. The zero-order valence-electron chi connectivity index (χ0n) is 12.9. The zero-order chi connectivity index (χ0) is 17.4. The molecule has 1 aromatic rings. The Morgan fingerprint density at radius 1 is 1.35 bits per heavy atom. The van der Waals surface area contributed by atoms with E-state index in [9.17, 15) is 9.59 Å². The first-order valence-electron chi connectivity index (χ1n) is 7.01. The van der Waals surface area contributed by atoms with Gasteiger partial charge in [-0.15, -0.1) is 0 Å². The van der Waals surface area contributed by atoms with E-state index < -0.39 is 18.0 Å². The van der Waals surface area contributed by atoms with Crippen molar-refractivity contribution in [3.8, 4) is 0 Å². The predicted molar refractivity (Wildman–Crippen MR) is 94.9 cm³/mol. The fourth-order valence-electron chi connectivity index (χ4n) is 1.78. The average molecular weight is 358 g/mol. The maximum absolute atomic E-state index is 12.1. The molecule has 2 atom stereocenters. The van der Waals surface area contributed by atoms with Crippen LogP contribution < -0.4 is 27.2 Å². The van der Waals surface area contributed by atoms with Gasteiger partial charge in [0.25, 0.3) is 5.91 Å². The third-order valence-corrected chi connectivity index (χ3v) is 3.61. The molecule has 0 aliphatic heterocycles. The molecule has 0 aliphatic rings. The van der Waals surface area contributed by atoms with E-state index in [0.717, 1.165) is 0 Å². The van der Waals surface area contributed by atoms with Crippen LogP contribution in [0.4, 0.5) is 10.5 Å². The molecule has 9 heteroatoms. The summed E-state index contributed by atoms with van der Waals surface area (Å²) < 4.78 is 0. The van der Waals surface area contributed by atoms with Gasteiger partial charge in [-0.3, -0.25) is 15.6 Å². The molecule has 0 radical (unpaired) electrons. The lowest BCUT2D eigenvalue weighted by Gasteiger charge is -2.23. The highest BCUT2D eigenvalue weighted by atomic mass is 35.5. The van der Waals surface area contributed by atoms with Crippen LogP contribution in [0.5, 0.6) is 0 Å². The number of nitrogens with two attached hydrogens (primary N) is 1. The number of nitrogens with one attached hydrogen (secondary N) is 4. The van der Waals surface area contributed by atoms with Crippen molar-refractivity contribution < 1.29 is 9.59 Å². The number of halogens is 1. The molecule has 0 saturated carbocycles. The first-order chi connectivity index (χ1) is 10.8. The largest absolute Gasteiger partial charge is 0.352 e. The number of primary amides is 1. The van der Waals surface area contributed by atoms with Gasteiger partial charge in [-0.25, -0.2) is 4.79 Å². The Kier molecular flexibility index (Phi) is 7.56. The Morgan fingerprint density at radius 2 is 2.04 bits per heavy atom. The molecule has 0 heterocycles. The predicted octanol–water partition coefficient (Wildman–Crippen LogP) is 1.74. The molecule has 23 heavy (non-hydrogen) atoms. The quantitative estimate of drug-likeness (QED) is 0.407. The fraction of sp³-hybridized carbons (Fsp3) is 0.357. The molecule has 0 aliphatic carbocycles. The molecule has 7 nitrogen and oxygen atoms in total. The second-order valence-electron chi connectivity index (χ2n) is 4.95. The van der Waals surface area contributed by atoms with Gasteiger partial charge < -0.3 is 16.4 Å². The van der Waals surface area contributed by atoms with Crippen molar-refractivity contribution in [2.75, 3.05) is 5.32 Å². The number of urea groups is 1. The van der Waals surface area contributed by atoms with E-state index in [1.54, 1.807) is 24.3 Å². The maximum Gasteiger partial charge on any atom is 0.312 e. The highest BCUT2D eigenvalue weighted by molar-refractivity contribution is 7.80. The summed E-state index contributed by atoms with van der Waals surface area (Å²) in [5.74, 6) is -0.521. The van der Waals surface area contributed by atoms with Crippen molar-refractivity contribution in [1.29, 1.82) is 0 Å². The standard InChI is InChI=1S/C14H20ClN5O2S/c1-3-8(2)11(18-13(16)22)12(21)19-20-14(23)17-10-6-4-5-9(15)7-10/h4-8,11H,3H2,1-2H3,(H,19,21)(H3,16,18,22)(H2,17,20,23)/t8-,11-/m0/s1. The Hall–Kier alpha value is -2.06. The van der Waals surface area contributed by atoms with Crippen LogP contribution in [0, 0.1) is 5.92 Å². The van der Waals surface area contributed by atoms with Gasteiger partial charge in [-0.2, -0.15) is 0 Å². The van der Waals surface area contributed by atoms with E-state index in [4.69, 9.17) is 29.6 Å². The van der Waals surface area contributed by atoms with Crippen LogP contribution in [0.1, 0.15) is 20.3 Å². The molecule has 0 spiro atoms. The Morgan fingerprint density at radius 3 is 2.61 bits per heavy atom. The number of benzene rings is 1. The van der Waals surface area contributed by atoms with E-state index in [1.807, 2.05) is 13.8 Å². The monoisotopic (exact) mass is 357 g/mol. The van der Waals surface area contributed by atoms with Gasteiger partial charge >= 0.3 is 6.03 Å². The summed E-state index contributed by atoms with van der Waals surface area (Å²) in [6.07, 6.45) is 0.698. The lowest BCUT2D eigenvalue weighted by Crippen LogP contribution is -2.56. The molecule has 0 unspecified atom stereocenters. The summed E-state index contributed by atoms with van der Waals surface area (Å²) in [5.41, 5.74) is 10.8. The van der Waals surface area contributed by atoms with E-state index in [0.29, 0.717) is 17.1 Å². The van der Waals surface area contributed by atoms with E-state index >= 15 is 0 Å². The molecule has 0 fully saturated rings. The third kappa shape index (κ3) is 6.70. The summed E-state index contributed by atoms with van der Waals surface area (Å²) in [5, 5.41) is 6.03. The van der Waals surface area contributed by atoms with Crippen molar-refractivity contribution >= 4 is 46.6 Å². The van der Waals surface area contributed by atoms with Gasteiger partial charge in [0, 0.05) is 10.7 Å². The van der Waals surface area contributed by atoms with Crippen molar-refractivity contribution in [1.82, 2.24) is 16.2 Å². The first-order valence-corrected chi connectivity index (χ1v) is 7.80. The number of rotatable bonds is 5. The van der Waals surface area contributed by atoms with Crippen LogP contribution in [0.25, 0.3) is 0 Å². The Labute approximate surface area is 145 Å². The number of hydrogen-bond donors (Lipinski definition) is 5. The molecule has 6 N–H and O–H groups in total. The van der Waals surface area contributed by atoms with Crippen LogP contribution >= 0.6 is 23.8 Å². The molecule has 1 aromatic carbocycles. The van der Waals surface area contributed by atoms with E-state index in [-0.39, 0.29) is 11.0 Å². The SMILES string of the molecule is CC[C@H](C)[C@H](NC(N)=O)C(=O)NNC(=S)Nc1cccc(Cl)c1. The molecule has 0 aromatic heterocycles. The van der Waals surface area contributed by atoms with Crippen molar-refractivity contribution in [2.45, 2.75) is 26.3 Å². The minimum atomic E-state index is -0.759.